The van der Waals surface area contributed by atoms with Gasteiger partial charge in [0.1, 0.15) is 12.1 Å². The van der Waals surface area contributed by atoms with Crippen LogP contribution in [0.2, 0.25) is 0 Å². The van der Waals surface area contributed by atoms with Crippen molar-refractivity contribution in [3.05, 3.63) is 54.7 Å². The number of imide groups is 1. The summed E-state index contributed by atoms with van der Waals surface area (Å²) in [5.74, 6) is 0.439. The fourth-order valence-corrected chi connectivity index (χ4v) is 2.13. The van der Waals surface area contributed by atoms with Crippen molar-refractivity contribution in [3.63, 3.8) is 0 Å². The molecule has 0 bridgehead atoms. The summed E-state index contributed by atoms with van der Waals surface area (Å²) in [5.41, 5.74) is 0.403. The van der Waals surface area contributed by atoms with Crippen LogP contribution in [0.3, 0.4) is 0 Å². The van der Waals surface area contributed by atoms with E-state index in [0.29, 0.717) is 24.3 Å². The van der Waals surface area contributed by atoms with Crippen LogP contribution in [0.4, 0.5) is 21.1 Å². The lowest BCUT2D eigenvalue weighted by molar-refractivity contribution is -0.107. The molecule has 0 spiro atoms. The molecule has 0 aliphatic heterocycles. The van der Waals surface area contributed by atoms with E-state index in [4.69, 9.17) is 0 Å². The predicted octanol–water partition coefficient (Wildman–Crippen LogP) is 2.44. The van der Waals surface area contributed by atoms with Crippen LogP contribution in [-0.4, -0.2) is 36.4 Å². The zero-order valence-electron chi connectivity index (χ0n) is 13.3. The van der Waals surface area contributed by atoms with Crippen LogP contribution >= 0.6 is 0 Å². The molecule has 4 amide bonds. The maximum atomic E-state index is 12.9. The smallest absolute Gasteiger partial charge is 0.330 e. The first kappa shape index (κ1) is 17.1. The Morgan fingerprint density at radius 2 is 1.83 bits per heavy atom. The van der Waals surface area contributed by atoms with Crippen LogP contribution in [-0.2, 0) is 4.79 Å². The van der Waals surface area contributed by atoms with Gasteiger partial charge in [0.15, 0.2) is 0 Å². The van der Waals surface area contributed by atoms with E-state index < -0.39 is 12.1 Å². The molecule has 124 valence electrons. The van der Waals surface area contributed by atoms with Gasteiger partial charge in [-0.25, -0.2) is 19.5 Å². The molecule has 0 fully saturated rings. The monoisotopic (exact) mass is 326 g/mol. The zero-order chi connectivity index (χ0) is 17.4. The van der Waals surface area contributed by atoms with Crippen LogP contribution in [0.1, 0.15) is 6.92 Å². The molecule has 0 aliphatic rings. The molecule has 0 aliphatic carbocycles. The van der Waals surface area contributed by atoms with Gasteiger partial charge in [-0.15, -0.1) is 0 Å². The first-order chi connectivity index (χ1) is 11.7. The standard InChI is InChI=1S/C17H18N4O3/c1-2-20(15-10-6-7-11-18-15)17(24)21(16(23)19-12-13-22)14-8-4-3-5-9-14/h3-11,13H,2,12H2,1H3,(H,19,23). The predicted molar refractivity (Wildman–Crippen MR) is 91.0 cm³/mol. The van der Waals surface area contributed by atoms with E-state index >= 15 is 0 Å². The SMILES string of the molecule is CCN(C(=O)N(C(=O)NCC=O)c1ccccc1)c1ccccn1. The summed E-state index contributed by atoms with van der Waals surface area (Å²) in [6.45, 7) is 1.95. The van der Waals surface area contributed by atoms with Gasteiger partial charge in [0, 0.05) is 12.7 Å². The normalized spacial score (nSPS) is 9.88. The van der Waals surface area contributed by atoms with Crippen molar-refractivity contribution >= 4 is 29.9 Å². The Kier molecular flexibility index (Phi) is 6.01. The highest BCUT2D eigenvalue weighted by molar-refractivity contribution is 6.18. The number of rotatable bonds is 5. The Hall–Kier alpha value is -3.22. The highest BCUT2D eigenvalue weighted by atomic mass is 16.2. The average Bonchev–Trinajstić information content (AvgIpc) is 2.62. The fraction of sp³-hybridized carbons (Fsp3) is 0.176. The third-order valence-corrected chi connectivity index (χ3v) is 3.22. The average molecular weight is 326 g/mol. The van der Waals surface area contributed by atoms with E-state index in [1.165, 1.54) is 4.90 Å². The maximum Gasteiger partial charge on any atom is 0.338 e. The van der Waals surface area contributed by atoms with E-state index in [9.17, 15) is 14.4 Å². The number of aromatic nitrogens is 1. The molecule has 0 radical (unpaired) electrons. The van der Waals surface area contributed by atoms with E-state index in [-0.39, 0.29) is 6.54 Å². The van der Waals surface area contributed by atoms with Crippen molar-refractivity contribution in [2.45, 2.75) is 6.92 Å². The molecule has 24 heavy (non-hydrogen) atoms. The lowest BCUT2D eigenvalue weighted by Crippen LogP contribution is -2.51. The maximum absolute atomic E-state index is 12.9. The molecule has 1 aromatic carbocycles. The molecule has 7 nitrogen and oxygen atoms in total. The van der Waals surface area contributed by atoms with E-state index in [1.54, 1.807) is 61.7 Å². The number of carbonyl (C=O) groups excluding carboxylic acids is 3. The summed E-state index contributed by atoms with van der Waals surface area (Å²) in [5, 5.41) is 2.39. The molecule has 1 N–H and O–H groups in total. The molecule has 0 saturated carbocycles. The van der Waals surface area contributed by atoms with Crippen molar-refractivity contribution in [2.24, 2.45) is 0 Å². The lowest BCUT2D eigenvalue weighted by atomic mass is 10.3. The molecule has 1 aromatic heterocycles. The number of hydrogen-bond donors (Lipinski definition) is 1. The van der Waals surface area contributed by atoms with Crippen molar-refractivity contribution < 1.29 is 14.4 Å². The molecule has 0 atom stereocenters. The van der Waals surface area contributed by atoms with Gasteiger partial charge in [-0.3, -0.25) is 4.90 Å². The van der Waals surface area contributed by atoms with Gasteiger partial charge < -0.3 is 10.1 Å². The van der Waals surface area contributed by atoms with Crippen molar-refractivity contribution in [1.82, 2.24) is 10.3 Å². The first-order valence-electron chi connectivity index (χ1n) is 7.48. The number of aldehydes is 1. The number of urea groups is 2. The van der Waals surface area contributed by atoms with E-state index in [1.807, 2.05) is 0 Å². The number of nitrogens with one attached hydrogen (secondary N) is 1. The molecule has 7 heteroatoms. The molecular weight excluding hydrogens is 308 g/mol. The Bertz CT molecular complexity index is 691. The summed E-state index contributed by atoms with van der Waals surface area (Å²) in [4.78, 5) is 42.4. The third-order valence-electron chi connectivity index (χ3n) is 3.22. The minimum Gasteiger partial charge on any atom is -0.330 e. The van der Waals surface area contributed by atoms with Crippen molar-refractivity contribution in [2.75, 3.05) is 22.9 Å². The number of hydrogen-bond acceptors (Lipinski definition) is 4. The fourth-order valence-electron chi connectivity index (χ4n) is 2.13. The Labute approximate surface area is 139 Å². The number of amides is 4. The number of benzene rings is 1. The molecule has 0 saturated heterocycles. The van der Waals surface area contributed by atoms with Gasteiger partial charge in [0.2, 0.25) is 0 Å². The molecule has 2 rings (SSSR count). The number of carbonyl (C=O) groups is 3. The number of anilines is 2. The second-order valence-corrected chi connectivity index (χ2v) is 4.74. The number of pyridine rings is 1. The van der Waals surface area contributed by atoms with Crippen LogP contribution in [0.25, 0.3) is 0 Å². The van der Waals surface area contributed by atoms with Gasteiger partial charge >= 0.3 is 12.1 Å². The molecule has 2 aromatic rings. The minimum absolute atomic E-state index is 0.175. The molecular formula is C17H18N4O3. The summed E-state index contributed by atoms with van der Waals surface area (Å²) >= 11 is 0. The number of para-hydroxylation sites is 1. The highest BCUT2D eigenvalue weighted by Crippen LogP contribution is 2.19. The van der Waals surface area contributed by atoms with Crippen molar-refractivity contribution in [3.8, 4) is 0 Å². The first-order valence-corrected chi connectivity index (χ1v) is 7.48. The van der Waals surface area contributed by atoms with Gasteiger partial charge in [-0.05, 0) is 31.2 Å². The van der Waals surface area contributed by atoms with Crippen molar-refractivity contribution in [1.29, 1.82) is 0 Å². The van der Waals surface area contributed by atoms with Gasteiger partial charge in [0.05, 0.1) is 12.2 Å². The van der Waals surface area contributed by atoms with E-state index in [2.05, 4.69) is 10.3 Å². The molecule has 1 heterocycles. The van der Waals surface area contributed by atoms with Crippen LogP contribution in [0.15, 0.2) is 54.7 Å². The summed E-state index contributed by atoms with van der Waals surface area (Å²) < 4.78 is 0. The minimum atomic E-state index is -0.673. The molecule has 0 unspecified atom stereocenters. The summed E-state index contributed by atoms with van der Waals surface area (Å²) in [6.07, 6.45) is 2.13. The van der Waals surface area contributed by atoms with Crippen LogP contribution in [0, 0.1) is 0 Å². The second-order valence-electron chi connectivity index (χ2n) is 4.74. The largest absolute Gasteiger partial charge is 0.338 e. The topological polar surface area (TPSA) is 82.6 Å². The lowest BCUT2D eigenvalue weighted by Gasteiger charge is -2.28. The Balaban J connectivity index is 2.36. The Morgan fingerprint density at radius 1 is 1.12 bits per heavy atom. The summed E-state index contributed by atoms with van der Waals surface area (Å²) in [6, 6.07) is 12.5. The number of nitrogens with zero attached hydrogens (tertiary/aromatic N) is 3. The third kappa shape index (κ3) is 3.95. The van der Waals surface area contributed by atoms with Crippen LogP contribution in [0.5, 0.6) is 0 Å². The van der Waals surface area contributed by atoms with E-state index in [0.717, 1.165) is 4.90 Å². The second kappa shape index (κ2) is 8.42. The Morgan fingerprint density at radius 3 is 2.42 bits per heavy atom. The van der Waals surface area contributed by atoms with Gasteiger partial charge in [0.25, 0.3) is 0 Å². The summed E-state index contributed by atoms with van der Waals surface area (Å²) in [7, 11) is 0. The zero-order valence-corrected chi connectivity index (χ0v) is 13.3. The quantitative estimate of drug-likeness (QED) is 0.856. The highest BCUT2D eigenvalue weighted by Gasteiger charge is 2.28. The van der Waals surface area contributed by atoms with Gasteiger partial charge in [-0.2, -0.15) is 0 Å². The van der Waals surface area contributed by atoms with Gasteiger partial charge in [-0.1, -0.05) is 24.3 Å². The van der Waals surface area contributed by atoms with Crippen LogP contribution < -0.4 is 15.1 Å².